The maximum Gasteiger partial charge on any atom is 0.237 e. The Labute approximate surface area is 117 Å². The first-order valence-electron chi connectivity index (χ1n) is 5.98. The molecule has 0 spiro atoms. The topological polar surface area (TPSA) is 69.8 Å². The van der Waals surface area contributed by atoms with Gasteiger partial charge in [0.1, 0.15) is 11.6 Å². The molecule has 100 valence electrons. The van der Waals surface area contributed by atoms with E-state index in [0.29, 0.717) is 34.3 Å². The van der Waals surface area contributed by atoms with Gasteiger partial charge in [0.2, 0.25) is 5.91 Å². The summed E-state index contributed by atoms with van der Waals surface area (Å²) >= 11 is 3.13. The van der Waals surface area contributed by atoms with E-state index in [-0.39, 0.29) is 17.8 Å². The lowest BCUT2D eigenvalue weighted by atomic mass is 10.1. The van der Waals surface area contributed by atoms with E-state index in [0.717, 1.165) is 6.54 Å². The van der Waals surface area contributed by atoms with E-state index in [2.05, 4.69) is 36.5 Å². The van der Waals surface area contributed by atoms with Gasteiger partial charge in [0, 0.05) is 25.6 Å². The molecule has 3 N–H and O–H groups in total. The fourth-order valence-corrected chi connectivity index (χ4v) is 2.49. The summed E-state index contributed by atoms with van der Waals surface area (Å²) in [4.78, 5) is 19.0. The van der Waals surface area contributed by atoms with Crippen LogP contribution in [0.5, 0.6) is 0 Å². The number of carbonyl (C=O) groups is 1. The lowest BCUT2D eigenvalue weighted by Crippen LogP contribution is -2.53. The third-order valence-corrected chi connectivity index (χ3v) is 3.71. The Hall–Kier alpha value is -1.47. The van der Waals surface area contributed by atoms with Crippen LogP contribution in [0.1, 0.15) is 5.82 Å². The summed E-state index contributed by atoms with van der Waals surface area (Å²) in [6.45, 7) is 1.39. The predicted octanol–water partition coefficient (Wildman–Crippen LogP) is 1.10. The first-order chi connectivity index (χ1) is 9.13. The van der Waals surface area contributed by atoms with Crippen molar-refractivity contribution in [3.63, 3.8) is 0 Å². The van der Waals surface area contributed by atoms with Crippen LogP contribution in [-0.4, -0.2) is 35.0 Å². The second-order valence-corrected chi connectivity index (χ2v) is 5.32. The number of piperazine rings is 1. The molecule has 2 heterocycles. The van der Waals surface area contributed by atoms with E-state index >= 15 is 0 Å². The third-order valence-electron chi connectivity index (χ3n) is 3.10. The van der Waals surface area contributed by atoms with Gasteiger partial charge in [0.25, 0.3) is 0 Å². The second-order valence-electron chi connectivity index (χ2n) is 4.47. The van der Waals surface area contributed by atoms with Crippen molar-refractivity contribution < 1.29 is 9.18 Å². The van der Waals surface area contributed by atoms with Gasteiger partial charge in [-0.3, -0.25) is 4.79 Å². The highest BCUT2D eigenvalue weighted by Gasteiger charge is 2.22. The zero-order valence-electron chi connectivity index (χ0n) is 9.96. The fraction of sp³-hybridized carbons (Fsp3) is 0.333. The van der Waals surface area contributed by atoms with Gasteiger partial charge in [-0.15, -0.1) is 0 Å². The number of H-pyrrole nitrogens is 1. The summed E-state index contributed by atoms with van der Waals surface area (Å²) in [6.07, 6.45) is 0.458. The van der Waals surface area contributed by atoms with Crippen molar-refractivity contribution >= 4 is 32.9 Å². The van der Waals surface area contributed by atoms with Gasteiger partial charge in [-0.2, -0.15) is 0 Å². The molecule has 1 aliphatic heterocycles. The molecule has 1 atom stereocenters. The van der Waals surface area contributed by atoms with Crippen LogP contribution in [0, 0.1) is 5.82 Å². The van der Waals surface area contributed by atoms with Gasteiger partial charge < -0.3 is 15.6 Å². The van der Waals surface area contributed by atoms with E-state index in [4.69, 9.17) is 0 Å². The number of nitrogens with one attached hydrogen (secondary N) is 3. The van der Waals surface area contributed by atoms with Gasteiger partial charge >= 0.3 is 0 Å². The Morgan fingerprint density at radius 1 is 1.42 bits per heavy atom. The molecule has 1 fully saturated rings. The summed E-state index contributed by atoms with van der Waals surface area (Å²) < 4.78 is 13.8. The Balaban J connectivity index is 1.87. The van der Waals surface area contributed by atoms with Crippen molar-refractivity contribution in [1.82, 2.24) is 20.6 Å². The van der Waals surface area contributed by atoms with Crippen molar-refractivity contribution in [3.05, 3.63) is 28.2 Å². The molecule has 0 radical (unpaired) electrons. The first-order valence-corrected chi connectivity index (χ1v) is 6.77. The number of imidazole rings is 1. The molecule has 1 saturated heterocycles. The van der Waals surface area contributed by atoms with Gasteiger partial charge in [-0.25, -0.2) is 9.37 Å². The van der Waals surface area contributed by atoms with Crippen molar-refractivity contribution in [2.75, 3.05) is 13.1 Å². The molecule has 0 saturated carbocycles. The largest absolute Gasteiger partial charge is 0.353 e. The molecular formula is C12H12BrFN4O. The molecular weight excluding hydrogens is 315 g/mol. The van der Waals surface area contributed by atoms with Crippen molar-refractivity contribution in [1.29, 1.82) is 0 Å². The molecule has 0 aliphatic carbocycles. The SMILES string of the molecule is O=C1NCCNC1Cc1nc2cc(Br)c(F)cc2[nH]1. The number of fused-ring (bicyclic) bond motifs is 1. The Morgan fingerprint density at radius 2 is 2.26 bits per heavy atom. The minimum Gasteiger partial charge on any atom is -0.353 e. The van der Waals surface area contributed by atoms with Crippen molar-refractivity contribution in [3.8, 4) is 0 Å². The molecule has 3 rings (SSSR count). The molecule has 0 bridgehead atoms. The molecule has 1 amide bonds. The maximum absolute atomic E-state index is 13.4. The number of nitrogens with zero attached hydrogens (tertiary/aromatic N) is 1. The number of hydrogen-bond acceptors (Lipinski definition) is 3. The van der Waals surface area contributed by atoms with Gasteiger partial charge in [-0.05, 0) is 22.0 Å². The standard InChI is InChI=1S/C12H12BrFN4O/c13-6-3-8-9(4-7(6)14)18-11(17-8)5-10-12(19)16-2-1-15-10/h3-4,10,15H,1-2,5H2,(H,16,19)(H,17,18). The minimum absolute atomic E-state index is 0.0286. The van der Waals surface area contributed by atoms with E-state index in [1.54, 1.807) is 6.07 Å². The van der Waals surface area contributed by atoms with E-state index in [9.17, 15) is 9.18 Å². The summed E-state index contributed by atoms with van der Waals surface area (Å²) in [5.74, 6) is 0.303. The van der Waals surface area contributed by atoms with E-state index < -0.39 is 0 Å². The lowest BCUT2D eigenvalue weighted by molar-refractivity contribution is -0.124. The number of aromatic amines is 1. The summed E-state index contributed by atoms with van der Waals surface area (Å²) in [7, 11) is 0. The Bertz CT molecular complexity index is 603. The highest BCUT2D eigenvalue weighted by atomic mass is 79.9. The van der Waals surface area contributed by atoms with Gasteiger partial charge in [0.05, 0.1) is 21.5 Å². The Morgan fingerprint density at radius 3 is 3.05 bits per heavy atom. The number of amides is 1. The number of carbonyl (C=O) groups excluding carboxylic acids is 1. The van der Waals surface area contributed by atoms with Crippen LogP contribution in [-0.2, 0) is 11.2 Å². The van der Waals surface area contributed by atoms with Crippen LogP contribution < -0.4 is 10.6 Å². The third kappa shape index (κ3) is 2.48. The van der Waals surface area contributed by atoms with Crippen LogP contribution in [0.4, 0.5) is 4.39 Å². The van der Waals surface area contributed by atoms with Crippen LogP contribution in [0.25, 0.3) is 11.0 Å². The normalized spacial score (nSPS) is 19.7. The molecule has 1 aromatic heterocycles. The van der Waals surface area contributed by atoms with E-state index in [1.165, 1.54) is 6.07 Å². The number of benzene rings is 1. The lowest BCUT2D eigenvalue weighted by Gasteiger charge is -2.22. The van der Waals surface area contributed by atoms with Crippen LogP contribution in [0.3, 0.4) is 0 Å². The second kappa shape index (κ2) is 4.90. The molecule has 19 heavy (non-hydrogen) atoms. The average molecular weight is 327 g/mol. The quantitative estimate of drug-likeness (QED) is 0.774. The monoisotopic (exact) mass is 326 g/mol. The van der Waals surface area contributed by atoms with Crippen molar-refractivity contribution in [2.45, 2.75) is 12.5 Å². The summed E-state index contributed by atoms with van der Waals surface area (Å²) in [6, 6.07) is 2.73. The average Bonchev–Trinajstić information content (AvgIpc) is 2.74. The van der Waals surface area contributed by atoms with Crippen LogP contribution in [0.15, 0.2) is 16.6 Å². The van der Waals surface area contributed by atoms with Crippen LogP contribution in [0.2, 0.25) is 0 Å². The van der Waals surface area contributed by atoms with Gasteiger partial charge in [0.15, 0.2) is 0 Å². The predicted molar refractivity (Wildman–Crippen MR) is 72.3 cm³/mol. The summed E-state index contributed by atoms with van der Waals surface area (Å²) in [5.41, 5.74) is 1.31. The van der Waals surface area contributed by atoms with Crippen LogP contribution >= 0.6 is 15.9 Å². The molecule has 5 nitrogen and oxygen atoms in total. The van der Waals surface area contributed by atoms with Gasteiger partial charge in [-0.1, -0.05) is 0 Å². The molecule has 1 aliphatic rings. The smallest absolute Gasteiger partial charge is 0.237 e. The highest BCUT2D eigenvalue weighted by molar-refractivity contribution is 9.10. The maximum atomic E-state index is 13.4. The number of halogens is 2. The zero-order chi connectivity index (χ0) is 13.4. The number of aromatic nitrogens is 2. The fourth-order valence-electron chi connectivity index (χ4n) is 2.16. The molecule has 7 heteroatoms. The summed E-state index contributed by atoms with van der Waals surface area (Å²) in [5, 5.41) is 5.92. The number of rotatable bonds is 2. The van der Waals surface area contributed by atoms with E-state index in [1.807, 2.05) is 0 Å². The minimum atomic E-state index is -0.337. The molecule has 1 aromatic carbocycles. The molecule has 1 unspecified atom stereocenters. The number of hydrogen-bond donors (Lipinski definition) is 3. The zero-order valence-corrected chi connectivity index (χ0v) is 11.6. The van der Waals surface area contributed by atoms with Crippen molar-refractivity contribution in [2.24, 2.45) is 0 Å². The molecule has 2 aromatic rings. The Kier molecular flexibility index (Phi) is 3.24. The first kappa shape index (κ1) is 12.6. The highest BCUT2D eigenvalue weighted by Crippen LogP contribution is 2.22.